The number of hydrogen-bond acceptors (Lipinski definition) is 7. The molecule has 7 aliphatic rings. The first kappa shape index (κ1) is 38.5. The molecule has 3 saturated heterocycles. The Morgan fingerprint density at radius 1 is 0.788 bits per heavy atom. The summed E-state index contributed by atoms with van der Waals surface area (Å²) in [7, 11) is 0. The van der Waals surface area contributed by atoms with Gasteiger partial charge in [-0.2, -0.15) is 0 Å². The number of piperazine rings is 1. The molecule has 2 N–H and O–H groups in total. The van der Waals surface area contributed by atoms with Crippen molar-refractivity contribution in [2.45, 2.75) is 166 Å². The Bertz CT molecular complexity index is 1240. The van der Waals surface area contributed by atoms with Crippen LogP contribution in [0.2, 0.25) is 0 Å². The molecule has 0 bridgehead atoms. The standard InChI is InChI=1S/C43H70N4O5/c1-2-37(30-8-4-3-5-9-30)41(31-10-15-35(48)16-11-31)32-12-17-36(18-13-32)52-27-7-6-22-45-23-25-46(26-24-45)34-14-19-38-33(28-34)29-47(43(38)51)39-20-21-40(49)44-42(39)50/h30-36,38-39,48H,2-29H2,1H3,(H,44,49,50)/b41-37-. The molecule has 3 aliphatic heterocycles. The molecule has 3 heterocycles. The van der Waals surface area contributed by atoms with Crippen LogP contribution in [0.1, 0.15) is 142 Å². The van der Waals surface area contributed by atoms with Crippen LogP contribution in [-0.2, 0) is 19.1 Å². The number of imide groups is 1. The van der Waals surface area contributed by atoms with Crippen LogP contribution >= 0.6 is 0 Å². The zero-order chi connectivity index (χ0) is 36.0. The molecule has 0 radical (unpaired) electrons. The molecule has 9 heteroatoms. The van der Waals surface area contributed by atoms with Crippen LogP contribution in [-0.4, -0.2) is 108 Å². The van der Waals surface area contributed by atoms with E-state index in [1.54, 1.807) is 4.90 Å². The summed E-state index contributed by atoms with van der Waals surface area (Å²) in [5.74, 6) is 2.25. The van der Waals surface area contributed by atoms with Gasteiger partial charge in [0.2, 0.25) is 17.7 Å². The molecule has 0 aromatic carbocycles. The number of likely N-dealkylation sites (tertiary alicyclic amines) is 1. The minimum absolute atomic E-state index is 0.0482. The van der Waals surface area contributed by atoms with Gasteiger partial charge in [-0.05, 0) is 139 Å². The lowest BCUT2D eigenvalue weighted by Crippen LogP contribution is -2.53. The first-order chi connectivity index (χ1) is 25.4. The quantitative estimate of drug-likeness (QED) is 0.140. The molecule has 7 rings (SSSR count). The summed E-state index contributed by atoms with van der Waals surface area (Å²) in [6.45, 7) is 9.57. The molecule has 52 heavy (non-hydrogen) atoms. The van der Waals surface area contributed by atoms with Crippen molar-refractivity contribution in [1.29, 1.82) is 0 Å². The third kappa shape index (κ3) is 9.17. The van der Waals surface area contributed by atoms with E-state index in [2.05, 4.69) is 22.0 Å². The number of allylic oxidation sites excluding steroid dienone is 2. The summed E-state index contributed by atoms with van der Waals surface area (Å²) in [4.78, 5) is 44.4. The van der Waals surface area contributed by atoms with Crippen molar-refractivity contribution in [2.24, 2.45) is 29.6 Å². The average Bonchev–Trinajstić information content (AvgIpc) is 3.50. The van der Waals surface area contributed by atoms with Crippen molar-refractivity contribution in [3.63, 3.8) is 0 Å². The van der Waals surface area contributed by atoms with E-state index in [-0.39, 0.29) is 29.7 Å². The fourth-order valence-electron chi connectivity index (χ4n) is 11.9. The Balaban J connectivity index is 0.792. The number of fused-ring (bicyclic) bond motifs is 1. The van der Waals surface area contributed by atoms with Gasteiger partial charge in [-0.3, -0.25) is 24.6 Å². The van der Waals surface area contributed by atoms with Crippen LogP contribution in [0.15, 0.2) is 11.1 Å². The van der Waals surface area contributed by atoms with Crippen LogP contribution < -0.4 is 5.32 Å². The largest absolute Gasteiger partial charge is 0.393 e. The molecule has 0 spiro atoms. The van der Waals surface area contributed by atoms with E-state index in [9.17, 15) is 19.5 Å². The number of amides is 3. The molecular formula is C43H70N4O5. The number of aliphatic hydroxyl groups is 1. The minimum atomic E-state index is -0.471. The summed E-state index contributed by atoms with van der Waals surface area (Å²) in [6, 6.07) is 0.0613. The number of unbranched alkanes of at least 4 members (excludes halogenated alkanes) is 1. The van der Waals surface area contributed by atoms with E-state index in [1.165, 1.54) is 83.5 Å². The maximum absolute atomic E-state index is 13.2. The van der Waals surface area contributed by atoms with Crippen LogP contribution in [0.3, 0.4) is 0 Å². The van der Waals surface area contributed by atoms with Crippen molar-refractivity contribution in [1.82, 2.24) is 20.0 Å². The molecule has 7 fully saturated rings. The normalized spacial score (nSPS) is 36.4. The first-order valence-electron chi connectivity index (χ1n) is 22.0. The summed E-state index contributed by atoms with van der Waals surface area (Å²) in [5, 5.41) is 12.7. The molecule has 0 aromatic rings. The van der Waals surface area contributed by atoms with E-state index >= 15 is 0 Å². The summed E-state index contributed by atoms with van der Waals surface area (Å²) < 4.78 is 6.52. The number of carbonyl (C=O) groups is 3. The predicted molar refractivity (Wildman–Crippen MR) is 203 cm³/mol. The summed E-state index contributed by atoms with van der Waals surface area (Å²) in [5.41, 5.74) is 3.69. The molecule has 4 saturated carbocycles. The smallest absolute Gasteiger partial charge is 0.249 e. The molecule has 9 nitrogen and oxygen atoms in total. The van der Waals surface area contributed by atoms with Gasteiger partial charge in [-0.1, -0.05) is 37.3 Å². The van der Waals surface area contributed by atoms with E-state index in [0.717, 1.165) is 89.7 Å². The maximum Gasteiger partial charge on any atom is 0.249 e. The Morgan fingerprint density at radius 2 is 1.50 bits per heavy atom. The SMILES string of the molecule is CC/C(=C(\C1CCC(O)CC1)C1CCC(OCCCCN2CCN(C3CCC4C(=O)N(C5CCC(=O)NC5=O)CC4C3)CC2)CC1)C1CCCCC1. The van der Waals surface area contributed by atoms with Gasteiger partial charge >= 0.3 is 0 Å². The predicted octanol–water partition coefficient (Wildman–Crippen LogP) is 6.23. The van der Waals surface area contributed by atoms with Gasteiger partial charge in [-0.25, -0.2) is 0 Å². The maximum atomic E-state index is 13.2. The topological polar surface area (TPSA) is 102 Å². The molecule has 4 unspecified atom stereocenters. The Labute approximate surface area is 314 Å². The zero-order valence-corrected chi connectivity index (χ0v) is 32.4. The summed E-state index contributed by atoms with van der Waals surface area (Å²) in [6.07, 6.45) is 24.1. The second-order valence-electron chi connectivity index (χ2n) is 17.9. The van der Waals surface area contributed by atoms with E-state index in [1.807, 2.05) is 11.1 Å². The number of nitrogens with one attached hydrogen (secondary N) is 1. The van der Waals surface area contributed by atoms with Crippen molar-refractivity contribution >= 4 is 17.7 Å². The fourth-order valence-corrected chi connectivity index (χ4v) is 11.9. The lowest BCUT2D eigenvalue weighted by Gasteiger charge is -2.42. The number of hydrogen-bond donors (Lipinski definition) is 2. The van der Waals surface area contributed by atoms with Gasteiger partial charge in [0.05, 0.1) is 12.2 Å². The second kappa shape index (κ2) is 18.2. The summed E-state index contributed by atoms with van der Waals surface area (Å²) >= 11 is 0. The highest BCUT2D eigenvalue weighted by molar-refractivity contribution is 6.02. The molecule has 292 valence electrons. The Morgan fingerprint density at radius 3 is 2.19 bits per heavy atom. The number of carbonyl (C=O) groups excluding carboxylic acids is 3. The van der Waals surface area contributed by atoms with Crippen molar-refractivity contribution in [2.75, 3.05) is 45.9 Å². The van der Waals surface area contributed by atoms with Gasteiger partial charge in [0.1, 0.15) is 6.04 Å². The third-order valence-electron chi connectivity index (χ3n) is 14.8. The highest BCUT2D eigenvalue weighted by Crippen LogP contribution is 2.46. The van der Waals surface area contributed by atoms with Gasteiger partial charge in [0.15, 0.2) is 0 Å². The van der Waals surface area contributed by atoms with Crippen molar-refractivity contribution in [3.8, 4) is 0 Å². The molecule has 0 aromatic heterocycles. The molecule has 4 aliphatic carbocycles. The number of nitrogens with zero attached hydrogens (tertiary/aromatic N) is 3. The van der Waals surface area contributed by atoms with Crippen LogP contribution in [0.4, 0.5) is 0 Å². The number of aliphatic hydroxyl groups excluding tert-OH is 1. The van der Waals surface area contributed by atoms with Crippen LogP contribution in [0, 0.1) is 29.6 Å². The average molecular weight is 723 g/mol. The Hall–Kier alpha value is -1.81. The molecule has 4 atom stereocenters. The molecule has 3 amide bonds. The van der Waals surface area contributed by atoms with E-state index in [0.29, 0.717) is 43.4 Å². The van der Waals surface area contributed by atoms with Crippen LogP contribution in [0.25, 0.3) is 0 Å². The molecular weight excluding hydrogens is 652 g/mol. The first-order valence-corrected chi connectivity index (χ1v) is 22.0. The number of rotatable bonds is 12. The lowest BCUT2D eigenvalue weighted by molar-refractivity contribution is -0.144. The van der Waals surface area contributed by atoms with Gasteiger partial charge in [-0.15, -0.1) is 0 Å². The highest BCUT2D eigenvalue weighted by atomic mass is 16.5. The van der Waals surface area contributed by atoms with Gasteiger partial charge in [0.25, 0.3) is 0 Å². The second-order valence-corrected chi connectivity index (χ2v) is 17.9. The van der Waals surface area contributed by atoms with Crippen molar-refractivity contribution < 1.29 is 24.2 Å². The Kier molecular flexibility index (Phi) is 13.5. The van der Waals surface area contributed by atoms with Gasteiger partial charge < -0.3 is 19.6 Å². The lowest BCUT2D eigenvalue weighted by atomic mass is 9.68. The zero-order valence-electron chi connectivity index (χ0n) is 32.4. The highest BCUT2D eigenvalue weighted by Gasteiger charge is 2.49. The van der Waals surface area contributed by atoms with Crippen molar-refractivity contribution in [3.05, 3.63) is 11.1 Å². The van der Waals surface area contributed by atoms with E-state index in [4.69, 9.17) is 4.74 Å². The fraction of sp³-hybridized carbons (Fsp3) is 0.884. The number of ether oxygens (including phenoxy) is 1. The van der Waals surface area contributed by atoms with Gasteiger partial charge in [0, 0.05) is 57.7 Å². The minimum Gasteiger partial charge on any atom is -0.393 e. The monoisotopic (exact) mass is 723 g/mol. The number of piperidine rings is 1. The van der Waals surface area contributed by atoms with Crippen LogP contribution in [0.5, 0.6) is 0 Å². The van der Waals surface area contributed by atoms with E-state index < -0.39 is 6.04 Å². The third-order valence-corrected chi connectivity index (χ3v) is 14.8.